The molecule has 0 N–H and O–H groups in total. The quantitative estimate of drug-likeness (QED) is 0.212. The molecule has 0 atom stereocenters. The van der Waals surface area contributed by atoms with Gasteiger partial charge >= 0.3 is 212 Å². The summed E-state index contributed by atoms with van der Waals surface area (Å²) in [5.74, 6) is 0. The molecule has 0 aliphatic carbocycles. The standard InChI is InChI=1S/C30H23F2NPSe/c31-30(32,29-23-28(21-22-33-29)35-27-19-11-4-12-20-27)34(24-13-5-1-6-14-24,25-15-7-2-8-16-25)26-17-9-3-10-18-26/h1-23H/q+1. The Morgan fingerprint density at radius 2 is 0.971 bits per heavy atom. The summed E-state index contributed by atoms with van der Waals surface area (Å²) in [6, 6.07) is 41.1. The molecule has 0 spiro atoms. The fourth-order valence-electron chi connectivity index (χ4n) is 4.32. The number of halogens is 2. The molecule has 35 heavy (non-hydrogen) atoms. The summed E-state index contributed by atoms with van der Waals surface area (Å²) in [5, 5.41) is 1.88. The third kappa shape index (κ3) is 4.46. The second-order valence-corrected chi connectivity index (χ2v) is 13.9. The first-order valence-electron chi connectivity index (χ1n) is 11.3. The van der Waals surface area contributed by atoms with Crippen LogP contribution in [-0.4, -0.2) is 19.9 Å². The van der Waals surface area contributed by atoms with E-state index in [0.29, 0.717) is 15.9 Å². The van der Waals surface area contributed by atoms with Gasteiger partial charge in [-0.2, -0.15) is 0 Å². The number of hydrogen-bond donors (Lipinski definition) is 0. The summed E-state index contributed by atoms with van der Waals surface area (Å²) >= 11 is -0.0949. The van der Waals surface area contributed by atoms with Crippen molar-refractivity contribution in [2.75, 3.05) is 0 Å². The molecule has 0 aliphatic heterocycles. The third-order valence-electron chi connectivity index (χ3n) is 5.87. The van der Waals surface area contributed by atoms with E-state index in [1.807, 2.05) is 127 Å². The van der Waals surface area contributed by atoms with Crippen molar-refractivity contribution in [2.24, 2.45) is 0 Å². The maximum absolute atomic E-state index is 17.2. The van der Waals surface area contributed by atoms with Crippen LogP contribution in [0, 0.1) is 0 Å². The van der Waals surface area contributed by atoms with Crippen molar-refractivity contribution in [2.45, 2.75) is 5.66 Å². The van der Waals surface area contributed by atoms with Crippen LogP contribution in [0.3, 0.4) is 0 Å². The molecule has 0 saturated heterocycles. The summed E-state index contributed by atoms with van der Waals surface area (Å²) in [6.07, 6.45) is 1.53. The van der Waals surface area contributed by atoms with Gasteiger partial charge < -0.3 is 0 Å². The average Bonchev–Trinajstić information content (AvgIpc) is 2.92. The summed E-state index contributed by atoms with van der Waals surface area (Å²) < 4.78 is 36.5. The van der Waals surface area contributed by atoms with Crippen LogP contribution in [0.2, 0.25) is 0 Å². The van der Waals surface area contributed by atoms with E-state index in [-0.39, 0.29) is 20.7 Å². The molecular weight excluding hydrogens is 522 g/mol. The molecule has 0 aliphatic rings. The predicted octanol–water partition coefficient (Wildman–Crippen LogP) is 4.78. The Bertz CT molecular complexity index is 1280. The van der Waals surface area contributed by atoms with E-state index < -0.39 is 12.9 Å². The van der Waals surface area contributed by atoms with Gasteiger partial charge in [0.2, 0.25) is 0 Å². The molecule has 1 nitrogen and oxygen atoms in total. The van der Waals surface area contributed by atoms with Crippen molar-refractivity contribution in [1.82, 2.24) is 4.98 Å². The predicted molar refractivity (Wildman–Crippen MR) is 145 cm³/mol. The van der Waals surface area contributed by atoms with Crippen molar-refractivity contribution < 1.29 is 8.78 Å². The van der Waals surface area contributed by atoms with Crippen LogP contribution in [-0.2, 0) is 5.66 Å². The third-order valence-corrected chi connectivity index (χ3v) is 12.3. The molecular formula is C30H23F2NPSe+. The van der Waals surface area contributed by atoms with E-state index in [4.69, 9.17) is 0 Å². The first-order chi connectivity index (χ1) is 17.1. The SMILES string of the molecule is FC(F)(c1cc([Se]c2ccccc2)ccn1)[P+](c1ccccc1)(c1ccccc1)c1ccccc1. The summed E-state index contributed by atoms with van der Waals surface area (Å²) in [7, 11) is -3.47. The molecule has 4 aromatic carbocycles. The van der Waals surface area contributed by atoms with Crippen LogP contribution in [0.5, 0.6) is 0 Å². The van der Waals surface area contributed by atoms with E-state index >= 15 is 8.78 Å². The zero-order valence-corrected chi connectivity index (χ0v) is 21.4. The molecule has 0 fully saturated rings. The van der Waals surface area contributed by atoms with Crippen LogP contribution in [0.4, 0.5) is 8.78 Å². The molecule has 0 saturated carbocycles. The van der Waals surface area contributed by atoms with E-state index in [0.717, 1.165) is 8.92 Å². The van der Waals surface area contributed by atoms with Gasteiger partial charge in [-0.05, 0) is 0 Å². The first-order valence-corrected chi connectivity index (χ1v) is 14.8. The Kier molecular flexibility index (Phi) is 6.88. The average molecular weight is 545 g/mol. The molecule has 5 rings (SSSR count). The first kappa shape index (κ1) is 23.6. The Balaban J connectivity index is 1.75. The number of benzene rings is 4. The zero-order valence-electron chi connectivity index (χ0n) is 18.8. The molecule has 1 heterocycles. The molecule has 5 aromatic rings. The molecule has 1 aromatic heterocycles. The Morgan fingerprint density at radius 3 is 1.43 bits per heavy atom. The Morgan fingerprint density at radius 1 is 0.543 bits per heavy atom. The molecule has 0 unspecified atom stereocenters. The van der Waals surface area contributed by atoms with Gasteiger partial charge in [-0.1, -0.05) is 0 Å². The monoisotopic (exact) mass is 546 g/mol. The second-order valence-electron chi connectivity index (χ2n) is 8.01. The zero-order chi connectivity index (χ0) is 24.1. The molecule has 0 amide bonds. The summed E-state index contributed by atoms with van der Waals surface area (Å²) in [4.78, 5) is 4.28. The number of alkyl halides is 2. The molecule has 5 heteroatoms. The van der Waals surface area contributed by atoms with Crippen LogP contribution in [0.15, 0.2) is 140 Å². The van der Waals surface area contributed by atoms with Gasteiger partial charge in [-0.15, -0.1) is 0 Å². The van der Waals surface area contributed by atoms with Crippen LogP contribution >= 0.6 is 7.26 Å². The van der Waals surface area contributed by atoms with Crippen molar-refractivity contribution in [1.29, 1.82) is 0 Å². The van der Waals surface area contributed by atoms with E-state index in [1.54, 1.807) is 6.07 Å². The topological polar surface area (TPSA) is 12.9 Å². The van der Waals surface area contributed by atoms with Gasteiger partial charge in [0.1, 0.15) is 0 Å². The second kappa shape index (κ2) is 10.2. The van der Waals surface area contributed by atoms with Gasteiger partial charge in [-0.25, -0.2) is 0 Å². The van der Waals surface area contributed by atoms with Crippen molar-refractivity contribution in [3.8, 4) is 0 Å². The minimum atomic E-state index is -3.47. The van der Waals surface area contributed by atoms with Crippen LogP contribution < -0.4 is 24.8 Å². The van der Waals surface area contributed by atoms with Crippen molar-refractivity contribution in [3.63, 3.8) is 0 Å². The minimum absolute atomic E-state index is 0.0949. The Labute approximate surface area is 211 Å². The number of hydrogen-bond acceptors (Lipinski definition) is 1. The number of rotatable bonds is 7. The number of pyridine rings is 1. The fourth-order valence-corrected chi connectivity index (χ4v) is 10.3. The fraction of sp³-hybridized carbons (Fsp3) is 0.0333. The maximum atomic E-state index is 17.2. The van der Waals surface area contributed by atoms with Crippen LogP contribution in [0.1, 0.15) is 5.69 Å². The molecule has 0 bridgehead atoms. The number of nitrogens with zero attached hydrogens (tertiary/aromatic N) is 1. The normalized spacial score (nSPS) is 11.8. The number of aromatic nitrogens is 1. The summed E-state index contributed by atoms with van der Waals surface area (Å²) in [5.41, 5.74) is -3.42. The van der Waals surface area contributed by atoms with E-state index in [2.05, 4.69) is 4.98 Å². The molecule has 172 valence electrons. The summed E-state index contributed by atoms with van der Waals surface area (Å²) in [6.45, 7) is 0. The van der Waals surface area contributed by atoms with Crippen LogP contribution in [0.25, 0.3) is 0 Å². The molecule has 0 radical (unpaired) electrons. The van der Waals surface area contributed by atoms with Gasteiger partial charge in [-0.3, -0.25) is 0 Å². The van der Waals surface area contributed by atoms with Gasteiger partial charge in [0.05, 0.1) is 0 Å². The van der Waals surface area contributed by atoms with E-state index in [9.17, 15) is 0 Å². The van der Waals surface area contributed by atoms with Crippen molar-refractivity contribution >= 4 is 47.1 Å². The van der Waals surface area contributed by atoms with E-state index in [1.165, 1.54) is 6.20 Å². The van der Waals surface area contributed by atoms with Crippen molar-refractivity contribution in [3.05, 3.63) is 145 Å². The Hall–Kier alpha value is -3.16. The van der Waals surface area contributed by atoms with Gasteiger partial charge in [0.25, 0.3) is 0 Å². The van der Waals surface area contributed by atoms with Gasteiger partial charge in [0.15, 0.2) is 0 Å². The van der Waals surface area contributed by atoms with Gasteiger partial charge in [0, 0.05) is 0 Å².